The summed E-state index contributed by atoms with van der Waals surface area (Å²) >= 11 is 0. The lowest BCUT2D eigenvalue weighted by Gasteiger charge is -1.96. The van der Waals surface area contributed by atoms with Crippen molar-refractivity contribution in [1.82, 2.24) is 0 Å². The Balaban J connectivity index is -0.000000618. The molecular formula is C33H37N7O16. The highest BCUT2D eigenvalue weighted by Crippen LogP contribution is 2.36. The number of nitro groups is 7. The number of carbonyl (C=O) groups is 2. The third-order valence-electron chi connectivity index (χ3n) is 5.27. The van der Waals surface area contributed by atoms with E-state index in [9.17, 15) is 9.59 Å². The maximum Gasteiger partial charge on any atom is 0.194 e. The summed E-state index contributed by atoms with van der Waals surface area (Å²) in [6.45, 7) is 0. The van der Waals surface area contributed by atoms with Crippen molar-refractivity contribution in [2.75, 3.05) is 49.3 Å². The third kappa shape index (κ3) is 25.9. The Bertz CT molecular complexity index is 1650. The second kappa shape index (κ2) is 28.6. The highest BCUT2D eigenvalue weighted by molar-refractivity contribution is 6.22. The Morgan fingerprint density at radius 2 is 0.357 bits per heavy atom. The van der Waals surface area contributed by atoms with Gasteiger partial charge in [-0.3, -0.25) is 80.4 Å². The van der Waals surface area contributed by atoms with Crippen LogP contribution in [-0.4, -0.2) is 95.4 Å². The maximum absolute atomic E-state index is 11.9. The van der Waals surface area contributed by atoms with Gasteiger partial charge in [0.05, 0.1) is 0 Å². The molecule has 300 valence electrons. The van der Waals surface area contributed by atoms with Crippen molar-refractivity contribution >= 4 is 11.6 Å². The molecule has 0 aromatic heterocycles. The van der Waals surface area contributed by atoms with Crippen LogP contribution in [0.25, 0.3) is 22.3 Å². The van der Waals surface area contributed by atoms with Crippen molar-refractivity contribution in [3.05, 3.63) is 190 Å². The molecule has 6 rings (SSSR count). The molecule has 2 aliphatic carbocycles. The molecule has 4 aromatic rings. The fourth-order valence-electron chi connectivity index (χ4n) is 3.95. The first kappa shape index (κ1) is 52.4. The number of ketones is 2. The van der Waals surface area contributed by atoms with Gasteiger partial charge in [-0.25, -0.2) is 0 Å². The minimum atomic E-state index is -0.500. The predicted octanol–water partition coefficient (Wildman–Crippen LogP) is 5.05. The van der Waals surface area contributed by atoms with E-state index in [4.69, 9.17) is 70.8 Å². The molecule has 0 heterocycles. The van der Waals surface area contributed by atoms with Gasteiger partial charge in [0.1, 0.15) is 0 Å². The van der Waals surface area contributed by atoms with Crippen LogP contribution in [0.5, 0.6) is 0 Å². The van der Waals surface area contributed by atoms with Crippen molar-refractivity contribution < 1.29 is 44.1 Å². The number of rotatable bonds is 0. The molecule has 4 aromatic carbocycles. The van der Waals surface area contributed by atoms with Crippen LogP contribution in [0.4, 0.5) is 0 Å². The van der Waals surface area contributed by atoms with E-state index in [0.717, 1.165) is 93.8 Å². The zero-order valence-corrected chi connectivity index (χ0v) is 30.9. The summed E-state index contributed by atoms with van der Waals surface area (Å²) < 4.78 is 0. The van der Waals surface area contributed by atoms with Crippen LogP contribution in [0, 0.1) is 70.8 Å². The smallest absolute Gasteiger partial charge is 0.194 e. The van der Waals surface area contributed by atoms with E-state index < -0.39 is 34.5 Å². The second-order valence-electron chi connectivity index (χ2n) is 9.92. The molecule has 56 heavy (non-hydrogen) atoms. The van der Waals surface area contributed by atoms with E-state index in [0.29, 0.717) is 0 Å². The monoisotopic (exact) mass is 787 g/mol. The third-order valence-corrected chi connectivity index (χ3v) is 5.27. The van der Waals surface area contributed by atoms with Gasteiger partial charge in [-0.15, -0.1) is 0 Å². The fourth-order valence-corrected chi connectivity index (χ4v) is 3.95. The molecule has 0 spiro atoms. The van der Waals surface area contributed by atoms with Crippen molar-refractivity contribution in [3.63, 3.8) is 0 Å². The van der Waals surface area contributed by atoms with Gasteiger partial charge >= 0.3 is 0 Å². The Morgan fingerprint density at radius 3 is 0.464 bits per heavy atom. The van der Waals surface area contributed by atoms with E-state index in [-0.39, 0.29) is 11.6 Å². The van der Waals surface area contributed by atoms with Gasteiger partial charge < -0.3 is 0 Å². The van der Waals surface area contributed by atoms with Crippen LogP contribution in [0.1, 0.15) is 31.8 Å². The number of hydrogen-bond donors (Lipinski definition) is 0. The molecule has 0 saturated carbocycles. The fraction of sp³-hybridized carbons (Fsp3) is 0.212. The van der Waals surface area contributed by atoms with Gasteiger partial charge in [0.25, 0.3) is 0 Å². The molecule has 0 radical (unpaired) electrons. The number of carbonyl (C=O) groups excluding carboxylic acids is 2. The summed E-state index contributed by atoms with van der Waals surface area (Å²) in [5, 5.41) is 61.6. The second-order valence-corrected chi connectivity index (χ2v) is 9.92. The van der Waals surface area contributed by atoms with Crippen LogP contribution < -0.4 is 0 Å². The standard InChI is InChI=1S/2C13H8O.7CH3NO2/c2*14-13-11-7-3-1-5-9(11)10-6-2-4-8-12(10)13;7*1-2(3)4/h2*1-8H;7*1H3. The topological polar surface area (TPSA) is 336 Å². The summed E-state index contributed by atoms with van der Waals surface area (Å²) in [7, 11) is 6.22. The van der Waals surface area contributed by atoms with Crippen LogP contribution in [0.15, 0.2) is 97.1 Å². The normalized spacial score (nSPS) is 9.34. The first-order valence-electron chi connectivity index (χ1n) is 14.9. The predicted molar refractivity (Wildman–Crippen MR) is 201 cm³/mol. The van der Waals surface area contributed by atoms with Gasteiger partial charge in [0.2, 0.25) is 0 Å². The summed E-state index contributed by atoms with van der Waals surface area (Å²) in [5.41, 5.74) is 7.56. The number of hydrogen-bond acceptors (Lipinski definition) is 16. The zero-order valence-electron chi connectivity index (χ0n) is 30.9. The molecule has 0 saturated heterocycles. The molecule has 0 N–H and O–H groups in total. The molecule has 23 nitrogen and oxygen atoms in total. The minimum Gasteiger partial charge on any atom is -0.289 e. The van der Waals surface area contributed by atoms with Crippen molar-refractivity contribution in [2.24, 2.45) is 0 Å². The van der Waals surface area contributed by atoms with Gasteiger partial charge in [-0.2, -0.15) is 0 Å². The lowest BCUT2D eigenvalue weighted by molar-refractivity contribution is -0.445. The van der Waals surface area contributed by atoms with Gasteiger partial charge in [-0.05, 0) is 22.3 Å². The van der Waals surface area contributed by atoms with Crippen LogP contribution in [-0.2, 0) is 0 Å². The maximum atomic E-state index is 11.9. The largest absolute Gasteiger partial charge is 0.289 e. The zero-order chi connectivity index (χ0) is 44.1. The van der Waals surface area contributed by atoms with E-state index in [1.54, 1.807) is 0 Å². The lowest BCUT2D eigenvalue weighted by atomic mass is 10.1. The van der Waals surface area contributed by atoms with E-state index in [1.807, 2.05) is 97.1 Å². The summed E-state index contributed by atoms with van der Waals surface area (Å²) in [6.07, 6.45) is 0. The molecule has 0 amide bonds. The molecule has 23 heteroatoms. The molecule has 0 atom stereocenters. The Labute approximate surface area is 317 Å². The average Bonchev–Trinajstić information content (AvgIpc) is 3.51. The van der Waals surface area contributed by atoms with Crippen molar-refractivity contribution in [1.29, 1.82) is 0 Å². The van der Waals surface area contributed by atoms with Crippen LogP contribution in [0.3, 0.4) is 0 Å². The number of benzene rings is 4. The first-order chi connectivity index (χ1) is 25.9. The summed E-state index contributed by atoms with van der Waals surface area (Å²) in [5.74, 6) is 0.299. The molecule has 0 bridgehead atoms. The van der Waals surface area contributed by atoms with E-state index >= 15 is 0 Å². The highest BCUT2D eigenvalue weighted by atomic mass is 16.6. The first-order valence-corrected chi connectivity index (χ1v) is 14.9. The Morgan fingerprint density at radius 1 is 0.268 bits per heavy atom. The Hall–Kier alpha value is -7.98. The van der Waals surface area contributed by atoms with Gasteiger partial charge in [0.15, 0.2) is 60.9 Å². The summed E-state index contributed by atoms with van der Waals surface area (Å²) in [6, 6.07) is 31.0. The van der Waals surface area contributed by atoms with Crippen molar-refractivity contribution in [3.8, 4) is 22.3 Å². The SMILES string of the molecule is C[N+](=O)[O-].C[N+](=O)[O-].C[N+](=O)[O-].C[N+](=O)[O-].C[N+](=O)[O-].C[N+](=O)[O-].C[N+](=O)[O-].O=C1c2ccccc2-c2ccccc21.O=C1c2ccccc2-c2ccccc21. The van der Waals surface area contributed by atoms with Crippen molar-refractivity contribution in [2.45, 2.75) is 0 Å². The van der Waals surface area contributed by atoms with Crippen LogP contribution >= 0.6 is 0 Å². The van der Waals surface area contributed by atoms with Gasteiger partial charge in [-0.1, -0.05) is 97.1 Å². The lowest BCUT2D eigenvalue weighted by Crippen LogP contribution is -1.93. The average molecular weight is 788 g/mol. The highest BCUT2D eigenvalue weighted by Gasteiger charge is 2.25. The van der Waals surface area contributed by atoms with Crippen LogP contribution in [0.2, 0.25) is 0 Å². The molecule has 0 unspecified atom stereocenters. The van der Waals surface area contributed by atoms with Gasteiger partial charge in [0, 0.05) is 56.7 Å². The Kier molecular flexibility index (Phi) is 26.7. The number of fused-ring (bicyclic) bond motifs is 6. The molecule has 0 aliphatic heterocycles. The van der Waals surface area contributed by atoms with E-state index in [2.05, 4.69) is 0 Å². The quantitative estimate of drug-likeness (QED) is 0.144. The van der Waals surface area contributed by atoms with E-state index in [1.165, 1.54) is 0 Å². The minimum absolute atomic E-state index is 0.149. The molecule has 2 aliphatic rings. The molecular weight excluding hydrogens is 750 g/mol. The number of nitrogens with zero attached hydrogens (tertiary/aromatic N) is 7. The molecule has 0 fully saturated rings. The summed E-state index contributed by atoms with van der Waals surface area (Å²) in [4.78, 5) is 81.9.